The highest BCUT2D eigenvalue weighted by Crippen LogP contribution is 2.38. The first-order valence-electron chi connectivity index (χ1n) is 11.1. The number of methoxy groups -OCH3 is 2. The second-order valence-electron chi connectivity index (χ2n) is 7.75. The Morgan fingerprint density at radius 1 is 0.882 bits per heavy atom. The summed E-state index contributed by atoms with van der Waals surface area (Å²) in [6.45, 7) is 3.13. The summed E-state index contributed by atoms with van der Waals surface area (Å²) in [5.41, 5.74) is 2.95. The van der Waals surface area contributed by atoms with Crippen molar-refractivity contribution in [2.24, 2.45) is 0 Å². The number of para-hydroxylation sites is 2. The molecule has 1 aliphatic heterocycles. The van der Waals surface area contributed by atoms with Crippen LogP contribution in [0.5, 0.6) is 11.5 Å². The highest BCUT2D eigenvalue weighted by molar-refractivity contribution is 6.45. The average molecular weight is 458 g/mol. The number of rotatable bonds is 9. The molecule has 1 aromatic heterocycles. The van der Waals surface area contributed by atoms with E-state index < -0.39 is 0 Å². The van der Waals surface area contributed by atoms with Crippen LogP contribution in [-0.2, 0) is 16.0 Å². The Labute approximate surface area is 199 Å². The van der Waals surface area contributed by atoms with Crippen molar-refractivity contribution in [3.8, 4) is 11.5 Å². The largest absolute Gasteiger partial charge is 0.497 e. The van der Waals surface area contributed by atoms with Crippen molar-refractivity contribution in [3.63, 3.8) is 0 Å². The van der Waals surface area contributed by atoms with Crippen molar-refractivity contribution < 1.29 is 19.1 Å². The van der Waals surface area contributed by atoms with E-state index >= 15 is 0 Å². The highest BCUT2D eigenvalue weighted by atomic mass is 16.5. The van der Waals surface area contributed by atoms with E-state index in [1.165, 1.54) is 12.0 Å². The monoisotopic (exact) mass is 457 g/mol. The number of hydrogen-bond acceptors (Lipinski definition) is 6. The molecule has 7 nitrogen and oxygen atoms in total. The molecule has 2 amide bonds. The molecule has 34 heavy (non-hydrogen) atoms. The lowest BCUT2D eigenvalue weighted by molar-refractivity contribution is -0.120. The molecule has 0 atom stereocenters. The Kier molecular flexibility index (Phi) is 6.92. The van der Waals surface area contributed by atoms with Crippen LogP contribution >= 0.6 is 0 Å². The van der Waals surface area contributed by atoms with Crippen molar-refractivity contribution in [2.45, 2.75) is 13.3 Å². The van der Waals surface area contributed by atoms with Gasteiger partial charge in [0.1, 0.15) is 17.2 Å². The number of benzene rings is 2. The smallest absolute Gasteiger partial charge is 0.282 e. The second-order valence-corrected chi connectivity index (χ2v) is 7.75. The quantitative estimate of drug-likeness (QED) is 0.453. The van der Waals surface area contributed by atoms with E-state index in [-0.39, 0.29) is 11.8 Å². The molecule has 7 heteroatoms. The van der Waals surface area contributed by atoms with Crippen LogP contribution in [0.4, 0.5) is 5.69 Å². The number of anilines is 1. The molecule has 2 aromatic carbocycles. The zero-order chi connectivity index (χ0) is 24.1. The topological polar surface area (TPSA) is 72.0 Å². The minimum atomic E-state index is -0.378. The Morgan fingerprint density at radius 3 is 2.24 bits per heavy atom. The van der Waals surface area contributed by atoms with Crippen LogP contribution in [0.25, 0.3) is 5.57 Å². The Morgan fingerprint density at radius 2 is 1.59 bits per heavy atom. The summed E-state index contributed by atoms with van der Waals surface area (Å²) < 4.78 is 10.7. The molecule has 0 unspecified atom stereocenters. The lowest BCUT2D eigenvalue weighted by Gasteiger charge is -2.25. The molecule has 0 saturated carbocycles. The summed E-state index contributed by atoms with van der Waals surface area (Å²) in [7, 11) is 3.11. The Balaban J connectivity index is 1.78. The molecule has 1 aliphatic rings. The molecule has 0 spiro atoms. The van der Waals surface area contributed by atoms with Gasteiger partial charge in [-0.25, -0.2) is 4.90 Å². The number of carbonyl (C=O) groups is 2. The molecule has 0 saturated heterocycles. The fraction of sp³-hybridized carbons (Fsp3) is 0.222. The van der Waals surface area contributed by atoms with Crippen LogP contribution in [-0.4, -0.2) is 49.0 Å². The summed E-state index contributed by atoms with van der Waals surface area (Å²) in [5, 5.41) is 0. The number of hydrogen-bond donors (Lipinski definition) is 0. The van der Waals surface area contributed by atoms with E-state index in [1.807, 2.05) is 36.1 Å². The van der Waals surface area contributed by atoms with Crippen LogP contribution in [0.15, 0.2) is 78.8 Å². The van der Waals surface area contributed by atoms with E-state index in [1.54, 1.807) is 55.9 Å². The standard InChI is InChI=1S/C27H27N3O4/c1-4-29(18-15-19-13-16-28-17-14-19)25-24(20-9-11-21(33-2)12-10-20)26(31)30(27(25)32)22-7-5-6-8-23(22)34-3/h5-14,16-17H,4,15,18H2,1-3H3. The highest BCUT2D eigenvalue weighted by Gasteiger charge is 2.43. The number of ether oxygens (including phenoxy) is 2. The molecule has 0 N–H and O–H groups in total. The summed E-state index contributed by atoms with van der Waals surface area (Å²) >= 11 is 0. The maximum atomic E-state index is 13.8. The molecule has 3 aromatic rings. The fourth-order valence-corrected chi connectivity index (χ4v) is 4.10. The zero-order valence-corrected chi connectivity index (χ0v) is 19.5. The van der Waals surface area contributed by atoms with Gasteiger partial charge in [-0.15, -0.1) is 0 Å². The van der Waals surface area contributed by atoms with Gasteiger partial charge in [-0.1, -0.05) is 24.3 Å². The average Bonchev–Trinajstić information content (AvgIpc) is 3.14. The molecule has 174 valence electrons. The summed E-state index contributed by atoms with van der Waals surface area (Å²) in [6.07, 6.45) is 4.22. The zero-order valence-electron chi connectivity index (χ0n) is 19.5. The first-order chi connectivity index (χ1) is 16.6. The van der Waals surface area contributed by atoms with Gasteiger partial charge in [-0.3, -0.25) is 14.6 Å². The van der Waals surface area contributed by atoms with Crippen LogP contribution in [0.3, 0.4) is 0 Å². The van der Waals surface area contributed by atoms with Gasteiger partial charge in [0.15, 0.2) is 0 Å². The van der Waals surface area contributed by atoms with Crippen LogP contribution < -0.4 is 14.4 Å². The number of nitrogens with zero attached hydrogens (tertiary/aromatic N) is 3. The van der Waals surface area contributed by atoms with E-state index in [4.69, 9.17) is 9.47 Å². The number of carbonyl (C=O) groups excluding carboxylic acids is 2. The third kappa shape index (κ3) is 4.37. The van der Waals surface area contributed by atoms with E-state index in [2.05, 4.69) is 4.98 Å². The Hall–Kier alpha value is -4.13. The predicted octanol–water partition coefficient (Wildman–Crippen LogP) is 3.95. The summed E-state index contributed by atoms with van der Waals surface area (Å²) in [4.78, 5) is 34.8. The number of amides is 2. The van der Waals surface area contributed by atoms with E-state index in [0.717, 1.165) is 5.56 Å². The molecule has 0 aliphatic carbocycles. The molecule has 4 rings (SSSR count). The lowest BCUT2D eigenvalue weighted by atomic mass is 10.0. The van der Waals surface area contributed by atoms with Crippen LogP contribution in [0.2, 0.25) is 0 Å². The number of imide groups is 1. The van der Waals surface area contributed by atoms with Crippen LogP contribution in [0.1, 0.15) is 18.1 Å². The van der Waals surface area contributed by atoms with Crippen molar-refractivity contribution in [1.82, 2.24) is 9.88 Å². The maximum absolute atomic E-state index is 13.8. The molecular weight excluding hydrogens is 430 g/mol. The molecular formula is C27H27N3O4. The fourth-order valence-electron chi connectivity index (χ4n) is 4.10. The minimum Gasteiger partial charge on any atom is -0.497 e. The summed E-state index contributed by atoms with van der Waals surface area (Å²) in [5.74, 6) is 0.391. The van der Waals surface area contributed by atoms with Crippen molar-refractivity contribution in [3.05, 3.63) is 89.9 Å². The van der Waals surface area contributed by atoms with Gasteiger partial charge in [0.05, 0.1) is 25.5 Å². The van der Waals surface area contributed by atoms with Gasteiger partial charge >= 0.3 is 0 Å². The van der Waals surface area contributed by atoms with Gasteiger partial charge in [0.25, 0.3) is 11.8 Å². The summed E-state index contributed by atoms with van der Waals surface area (Å²) in [6, 6.07) is 18.1. The lowest BCUT2D eigenvalue weighted by Crippen LogP contribution is -2.36. The van der Waals surface area contributed by atoms with Gasteiger partial charge in [-0.2, -0.15) is 0 Å². The van der Waals surface area contributed by atoms with Gasteiger partial charge in [-0.05, 0) is 60.9 Å². The molecule has 0 bridgehead atoms. The first-order valence-corrected chi connectivity index (χ1v) is 11.1. The third-order valence-corrected chi connectivity index (χ3v) is 5.88. The molecule has 0 radical (unpaired) electrons. The van der Waals surface area contributed by atoms with E-state index in [9.17, 15) is 9.59 Å². The van der Waals surface area contributed by atoms with Gasteiger partial charge < -0.3 is 14.4 Å². The second kappa shape index (κ2) is 10.2. The Bertz CT molecular complexity index is 1210. The predicted molar refractivity (Wildman–Crippen MR) is 131 cm³/mol. The SMILES string of the molecule is CCN(CCc1ccncc1)C1=C(c2ccc(OC)cc2)C(=O)N(c2ccccc2OC)C1=O. The number of aromatic nitrogens is 1. The first kappa shape index (κ1) is 23.0. The van der Waals surface area contributed by atoms with Gasteiger partial charge in [0, 0.05) is 25.5 Å². The molecule has 2 heterocycles. The van der Waals surface area contributed by atoms with Crippen molar-refractivity contribution in [1.29, 1.82) is 0 Å². The normalized spacial score (nSPS) is 13.4. The number of pyridine rings is 1. The number of likely N-dealkylation sites (N-methyl/N-ethyl adjacent to an activating group) is 1. The van der Waals surface area contributed by atoms with Crippen molar-refractivity contribution >= 4 is 23.1 Å². The maximum Gasteiger partial charge on any atom is 0.282 e. The van der Waals surface area contributed by atoms with Crippen LogP contribution in [0, 0.1) is 0 Å². The minimum absolute atomic E-state index is 0.364. The molecule has 0 fully saturated rings. The van der Waals surface area contributed by atoms with E-state index in [0.29, 0.717) is 53.5 Å². The van der Waals surface area contributed by atoms with Crippen molar-refractivity contribution in [2.75, 3.05) is 32.2 Å². The van der Waals surface area contributed by atoms with Gasteiger partial charge in [0.2, 0.25) is 0 Å². The third-order valence-electron chi connectivity index (χ3n) is 5.88.